The van der Waals surface area contributed by atoms with E-state index in [2.05, 4.69) is 21.0 Å². The third-order valence-electron chi connectivity index (χ3n) is 4.73. The smallest absolute Gasteiger partial charge is 0.309 e. The van der Waals surface area contributed by atoms with Gasteiger partial charge in [-0.15, -0.1) is 0 Å². The van der Waals surface area contributed by atoms with Gasteiger partial charge in [0.1, 0.15) is 0 Å². The SMILES string of the molecule is CC(=O)Oc1c([C@H](c2ccc(Br)cc2)[C@@H](C)[N+](=O)[O-])c(C)nn1-c1ccc(Cl)cc1. The molecule has 3 rings (SSSR count). The zero-order valence-electron chi connectivity index (χ0n) is 16.5. The molecule has 0 aliphatic carbocycles. The summed E-state index contributed by atoms with van der Waals surface area (Å²) < 4.78 is 7.86. The van der Waals surface area contributed by atoms with Gasteiger partial charge in [-0.25, -0.2) is 4.68 Å². The van der Waals surface area contributed by atoms with Crippen molar-refractivity contribution in [3.8, 4) is 11.6 Å². The third kappa shape index (κ3) is 4.55. The van der Waals surface area contributed by atoms with E-state index in [1.165, 1.54) is 18.5 Å². The van der Waals surface area contributed by atoms with Crippen molar-refractivity contribution in [2.45, 2.75) is 32.7 Å². The van der Waals surface area contributed by atoms with Crippen molar-refractivity contribution in [1.82, 2.24) is 9.78 Å². The molecule has 0 saturated carbocycles. The van der Waals surface area contributed by atoms with Crippen LogP contribution < -0.4 is 4.74 Å². The molecule has 0 radical (unpaired) electrons. The minimum Gasteiger partial charge on any atom is -0.407 e. The Balaban J connectivity index is 2.26. The van der Waals surface area contributed by atoms with Crippen molar-refractivity contribution < 1.29 is 14.5 Å². The summed E-state index contributed by atoms with van der Waals surface area (Å²) in [4.78, 5) is 23.3. The maximum Gasteiger partial charge on any atom is 0.309 e. The summed E-state index contributed by atoms with van der Waals surface area (Å²) >= 11 is 9.37. The van der Waals surface area contributed by atoms with Gasteiger partial charge in [0, 0.05) is 28.3 Å². The molecule has 3 aromatic rings. The van der Waals surface area contributed by atoms with Crippen LogP contribution in [0.5, 0.6) is 5.88 Å². The summed E-state index contributed by atoms with van der Waals surface area (Å²) in [5, 5.41) is 16.8. The molecule has 156 valence electrons. The Kier molecular flexibility index (Phi) is 6.58. The topological polar surface area (TPSA) is 87.3 Å². The highest BCUT2D eigenvalue weighted by atomic mass is 79.9. The number of ether oxygens (including phenoxy) is 1. The molecule has 9 heteroatoms. The lowest BCUT2D eigenvalue weighted by Gasteiger charge is -2.20. The molecule has 0 fully saturated rings. The Hall–Kier alpha value is -2.71. The standard InChI is InChI=1S/C21H19BrClN3O4/c1-12-19(20(13(2)26(28)29)15-4-6-16(22)7-5-15)21(30-14(3)27)25(24-12)18-10-8-17(23)9-11-18/h4-11,13,20H,1-3H3/t13-,20+/m1/s1. The summed E-state index contributed by atoms with van der Waals surface area (Å²) in [6, 6.07) is 13.1. The van der Waals surface area contributed by atoms with E-state index in [-0.39, 0.29) is 10.8 Å². The summed E-state index contributed by atoms with van der Waals surface area (Å²) in [6.45, 7) is 4.56. The van der Waals surface area contributed by atoms with Crippen LogP contribution in [0.25, 0.3) is 5.69 Å². The lowest BCUT2D eigenvalue weighted by atomic mass is 9.86. The zero-order valence-corrected chi connectivity index (χ0v) is 18.8. The molecule has 1 heterocycles. The number of nitro groups is 1. The van der Waals surface area contributed by atoms with Gasteiger partial charge in [0.05, 0.1) is 22.9 Å². The average Bonchev–Trinajstić information content (AvgIpc) is 2.99. The largest absolute Gasteiger partial charge is 0.407 e. The molecule has 0 aliphatic heterocycles. The van der Waals surface area contributed by atoms with Crippen LogP contribution >= 0.6 is 27.5 Å². The molecule has 30 heavy (non-hydrogen) atoms. The number of esters is 1. The molecular weight excluding hydrogens is 474 g/mol. The molecule has 2 atom stereocenters. The molecule has 0 aliphatic rings. The average molecular weight is 493 g/mol. The van der Waals surface area contributed by atoms with Gasteiger partial charge in [-0.2, -0.15) is 5.10 Å². The van der Waals surface area contributed by atoms with Gasteiger partial charge < -0.3 is 4.74 Å². The molecule has 0 amide bonds. The number of halogens is 2. The van der Waals surface area contributed by atoms with E-state index in [4.69, 9.17) is 16.3 Å². The molecule has 0 spiro atoms. The van der Waals surface area contributed by atoms with Crippen LogP contribution in [0.15, 0.2) is 53.0 Å². The lowest BCUT2D eigenvalue weighted by molar-refractivity contribution is -0.520. The maximum atomic E-state index is 11.9. The molecular formula is C21H19BrClN3O4. The van der Waals surface area contributed by atoms with Crippen molar-refractivity contribution in [3.05, 3.63) is 85.0 Å². The van der Waals surface area contributed by atoms with Crippen molar-refractivity contribution in [2.24, 2.45) is 0 Å². The van der Waals surface area contributed by atoms with Gasteiger partial charge in [0.2, 0.25) is 11.9 Å². The number of carbonyl (C=O) groups excluding carboxylic acids is 1. The third-order valence-corrected chi connectivity index (χ3v) is 5.51. The summed E-state index contributed by atoms with van der Waals surface area (Å²) in [5.41, 5.74) is 2.36. The summed E-state index contributed by atoms with van der Waals surface area (Å²) in [5.74, 6) is -1.07. The maximum absolute atomic E-state index is 11.9. The highest BCUT2D eigenvalue weighted by molar-refractivity contribution is 9.10. The van der Waals surface area contributed by atoms with Crippen LogP contribution in [0.2, 0.25) is 5.02 Å². The minimum absolute atomic E-state index is 0.156. The van der Waals surface area contributed by atoms with Crippen LogP contribution in [0, 0.1) is 17.0 Å². The Morgan fingerprint density at radius 2 is 1.80 bits per heavy atom. The Labute approximate surface area is 186 Å². The van der Waals surface area contributed by atoms with Crippen LogP contribution in [0.3, 0.4) is 0 Å². The van der Waals surface area contributed by atoms with Gasteiger partial charge in [0.15, 0.2) is 0 Å². The van der Waals surface area contributed by atoms with E-state index in [9.17, 15) is 14.9 Å². The summed E-state index contributed by atoms with van der Waals surface area (Å²) in [6.07, 6.45) is 0. The Morgan fingerprint density at radius 1 is 1.20 bits per heavy atom. The summed E-state index contributed by atoms with van der Waals surface area (Å²) in [7, 11) is 0. The van der Waals surface area contributed by atoms with E-state index >= 15 is 0 Å². The van der Waals surface area contributed by atoms with Crippen LogP contribution in [-0.4, -0.2) is 26.7 Å². The fraction of sp³-hybridized carbons (Fsp3) is 0.238. The molecule has 1 aromatic heterocycles. The molecule has 0 bridgehead atoms. The van der Waals surface area contributed by atoms with Gasteiger partial charge >= 0.3 is 5.97 Å². The quantitative estimate of drug-likeness (QED) is 0.264. The fourth-order valence-electron chi connectivity index (χ4n) is 3.35. The van der Waals surface area contributed by atoms with E-state index in [0.29, 0.717) is 22.0 Å². The van der Waals surface area contributed by atoms with Crippen molar-refractivity contribution in [2.75, 3.05) is 0 Å². The van der Waals surface area contributed by atoms with Gasteiger partial charge in [0.25, 0.3) is 0 Å². The van der Waals surface area contributed by atoms with E-state index in [1.807, 2.05) is 24.3 Å². The molecule has 7 nitrogen and oxygen atoms in total. The second-order valence-electron chi connectivity index (χ2n) is 6.84. The number of carbonyl (C=O) groups is 1. The fourth-order valence-corrected chi connectivity index (χ4v) is 3.74. The van der Waals surface area contributed by atoms with E-state index in [0.717, 1.165) is 10.0 Å². The van der Waals surface area contributed by atoms with Gasteiger partial charge in [-0.05, 0) is 48.9 Å². The normalized spacial score (nSPS) is 13.0. The van der Waals surface area contributed by atoms with E-state index in [1.54, 1.807) is 31.2 Å². The van der Waals surface area contributed by atoms with Gasteiger partial charge in [-0.3, -0.25) is 14.9 Å². The van der Waals surface area contributed by atoms with Crippen LogP contribution in [-0.2, 0) is 4.79 Å². The highest BCUT2D eigenvalue weighted by Gasteiger charge is 2.37. The number of hydrogen-bond acceptors (Lipinski definition) is 5. The predicted molar refractivity (Wildman–Crippen MR) is 117 cm³/mol. The first-order chi connectivity index (χ1) is 14.2. The second kappa shape index (κ2) is 8.97. The number of nitrogens with zero attached hydrogens (tertiary/aromatic N) is 3. The van der Waals surface area contributed by atoms with Crippen LogP contribution in [0.1, 0.15) is 36.6 Å². The second-order valence-corrected chi connectivity index (χ2v) is 8.19. The van der Waals surface area contributed by atoms with Crippen molar-refractivity contribution >= 4 is 33.5 Å². The first kappa shape index (κ1) is 22.0. The molecule has 0 N–H and O–H groups in total. The van der Waals surface area contributed by atoms with E-state index < -0.39 is 17.9 Å². The highest BCUT2D eigenvalue weighted by Crippen LogP contribution is 2.39. The van der Waals surface area contributed by atoms with Gasteiger partial charge in [-0.1, -0.05) is 39.7 Å². The number of hydrogen-bond donors (Lipinski definition) is 0. The Morgan fingerprint density at radius 3 is 2.33 bits per heavy atom. The first-order valence-corrected chi connectivity index (χ1v) is 10.3. The lowest BCUT2D eigenvalue weighted by Crippen LogP contribution is -2.26. The van der Waals surface area contributed by atoms with Crippen LogP contribution in [0.4, 0.5) is 0 Å². The molecule has 2 aromatic carbocycles. The predicted octanol–water partition coefficient (Wildman–Crippen LogP) is 5.32. The van der Waals surface area contributed by atoms with Crippen molar-refractivity contribution in [1.29, 1.82) is 0 Å². The minimum atomic E-state index is -0.984. The monoisotopic (exact) mass is 491 g/mol. The number of rotatable bonds is 6. The molecule has 0 saturated heterocycles. The number of aromatic nitrogens is 2. The zero-order chi connectivity index (χ0) is 22.0. The number of benzene rings is 2. The first-order valence-electron chi connectivity index (χ1n) is 9.12. The Bertz CT molecular complexity index is 1080. The number of aryl methyl sites for hydroxylation is 1. The molecule has 0 unspecified atom stereocenters. The van der Waals surface area contributed by atoms with Crippen molar-refractivity contribution in [3.63, 3.8) is 0 Å².